The van der Waals surface area contributed by atoms with Crippen LogP contribution in [0.5, 0.6) is 0 Å². The maximum atomic E-state index is 12.6. The van der Waals surface area contributed by atoms with Crippen LogP contribution in [0, 0.1) is 5.92 Å². The van der Waals surface area contributed by atoms with Crippen LogP contribution in [0.25, 0.3) is 0 Å². The number of hydrogen-bond donors (Lipinski definition) is 2. The average molecular weight is 393 g/mol. The van der Waals surface area contributed by atoms with Crippen LogP contribution < -0.4 is 10.6 Å². The molecule has 0 spiro atoms. The Morgan fingerprint density at radius 3 is 2.85 bits per heavy atom. The number of thiophene rings is 2. The monoisotopic (exact) mass is 392 g/mol. The van der Waals surface area contributed by atoms with Gasteiger partial charge >= 0.3 is 6.09 Å². The summed E-state index contributed by atoms with van der Waals surface area (Å²) in [5, 5.41) is 7.50. The molecule has 0 fully saturated rings. The molecule has 1 aliphatic carbocycles. The van der Waals surface area contributed by atoms with E-state index in [1.165, 1.54) is 29.8 Å². The second-order valence-electron chi connectivity index (χ2n) is 6.31. The van der Waals surface area contributed by atoms with Gasteiger partial charge in [-0.3, -0.25) is 14.9 Å². The highest BCUT2D eigenvalue weighted by Gasteiger charge is 2.29. The highest BCUT2D eigenvalue weighted by Crippen LogP contribution is 2.39. The fourth-order valence-electron chi connectivity index (χ4n) is 3.03. The molecule has 0 saturated carbocycles. The van der Waals surface area contributed by atoms with Crippen molar-refractivity contribution in [2.75, 3.05) is 12.4 Å². The lowest BCUT2D eigenvalue weighted by molar-refractivity contribution is -0.115. The third-order valence-corrected chi connectivity index (χ3v) is 6.35. The van der Waals surface area contributed by atoms with E-state index in [0.717, 1.165) is 34.6 Å². The van der Waals surface area contributed by atoms with Gasteiger partial charge < -0.3 is 10.1 Å². The largest absolute Gasteiger partial charge is 0.453 e. The van der Waals surface area contributed by atoms with Gasteiger partial charge in [0.2, 0.25) is 5.91 Å². The van der Waals surface area contributed by atoms with Gasteiger partial charge in [0.25, 0.3) is 5.91 Å². The van der Waals surface area contributed by atoms with E-state index in [1.54, 1.807) is 0 Å². The maximum Gasteiger partial charge on any atom is 0.413 e. The predicted octanol–water partition coefficient (Wildman–Crippen LogP) is 3.61. The molecule has 6 nitrogen and oxygen atoms in total. The minimum absolute atomic E-state index is 0.175. The summed E-state index contributed by atoms with van der Waals surface area (Å²) in [5.74, 6) is -0.172. The average Bonchev–Trinajstić information content (AvgIpc) is 3.21. The molecule has 0 radical (unpaired) electrons. The molecule has 1 atom stereocenters. The van der Waals surface area contributed by atoms with E-state index in [9.17, 15) is 14.4 Å². The van der Waals surface area contributed by atoms with Crippen LogP contribution in [-0.2, 0) is 28.8 Å². The van der Waals surface area contributed by atoms with Crippen molar-refractivity contribution in [2.24, 2.45) is 5.92 Å². The number of anilines is 1. The molecule has 26 heavy (non-hydrogen) atoms. The first kappa shape index (κ1) is 18.6. The van der Waals surface area contributed by atoms with Crippen molar-refractivity contribution in [2.45, 2.75) is 32.6 Å². The summed E-state index contributed by atoms with van der Waals surface area (Å²) < 4.78 is 4.52. The molecule has 1 aliphatic rings. The lowest BCUT2D eigenvalue weighted by Gasteiger charge is -2.18. The zero-order valence-electron chi connectivity index (χ0n) is 14.6. The van der Waals surface area contributed by atoms with E-state index in [-0.39, 0.29) is 12.3 Å². The zero-order valence-corrected chi connectivity index (χ0v) is 16.2. The number of carbonyl (C=O) groups excluding carboxylic acids is 3. The second kappa shape index (κ2) is 8.01. The van der Waals surface area contributed by atoms with Crippen LogP contribution in [0.1, 0.15) is 39.0 Å². The summed E-state index contributed by atoms with van der Waals surface area (Å²) in [4.78, 5) is 38.5. The fraction of sp³-hybridized carbons (Fsp3) is 0.389. The van der Waals surface area contributed by atoms with Gasteiger partial charge in [-0.25, -0.2) is 4.79 Å². The summed E-state index contributed by atoms with van der Waals surface area (Å²) in [5.41, 5.74) is 1.32. The number of nitrogens with one attached hydrogen (secondary N) is 2. The van der Waals surface area contributed by atoms with Crippen molar-refractivity contribution in [3.63, 3.8) is 0 Å². The van der Waals surface area contributed by atoms with Crippen LogP contribution in [0.15, 0.2) is 17.5 Å². The van der Waals surface area contributed by atoms with Crippen molar-refractivity contribution in [3.8, 4) is 0 Å². The Hall–Kier alpha value is -2.19. The number of imide groups is 1. The quantitative estimate of drug-likeness (QED) is 0.832. The van der Waals surface area contributed by atoms with E-state index >= 15 is 0 Å². The molecule has 1 unspecified atom stereocenters. The van der Waals surface area contributed by atoms with E-state index < -0.39 is 12.0 Å². The molecule has 2 heterocycles. The number of methoxy groups -OCH3 is 1. The molecule has 3 amide bonds. The number of fused-ring (bicyclic) bond motifs is 1. The Balaban J connectivity index is 1.86. The molecule has 0 aromatic carbocycles. The van der Waals surface area contributed by atoms with Crippen molar-refractivity contribution in [1.29, 1.82) is 0 Å². The molecule has 8 heteroatoms. The molecule has 2 N–H and O–H groups in total. The van der Waals surface area contributed by atoms with Crippen LogP contribution >= 0.6 is 22.7 Å². The third kappa shape index (κ3) is 4.13. The van der Waals surface area contributed by atoms with E-state index in [1.807, 2.05) is 17.5 Å². The predicted molar refractivity (Wildman–Crippen MR) is 102 cm³/mol. The molecule has 138 valence electrons. The summed E-state index contributed by atoms with van der Waals surface area (Å²) in [6.07, 6.45) is 2.06. The molecule has 0 bridgehead atoms. The van der Waals surface area contributed by atoms with Crippen LogP contribution in [-0.4, -0.2) is 25.0 Å². The zero-order chi connectivity index (χ0) is 18.7. The van der Waals surface area contributed by atoms with Gasteiger partial charge in [0.05, 0.1) is 19.1 Å². The van der Waals surface area contributed by atoms with Crippen LogP contribution in [0.4, 0.5) is 9.80 Å². The molecule has 2 aromatic rings. The van der Waals surface area contributed by atoms with Gasteiger partial charge in [0, 0.05) is 9.75 Å². The number of carbonyl (C=O) groups is 3. The fourth-order valence-corrected chi connectivity index (χ4v) is 5.16. The summed E-state index contributed by atoms with van der Waals surface area (Å²) in [7, 11) is 1.21. The number of hydrogen-bond acceptors (Lipinski definition) is 6. The standard InChI is InChI=1S/C18H20N2O4S2/c1-10-5-6-12-13(8-10)26-17(15(12)16(22)20-18(23)24-2)19-14(21)9-11-4-3-7-25-11/h3-4,7,10H,5-6,8-9H2,1-2H3,(H,19,21)(H,20,22,23). The topological polar surface area (TPSA) is 84.5 Å². The van der Waals surface area contributed by atoms with E-state index in [4.69, 9.17) is 0 Å². The first-order valence-corrected chi connectivity index (χ1v) is 10.0. The summed E-state index contributed by atoms with van der Waals surface area (Å²) >= 11 is 2.94. The molecule has 3 rings (SSSR count). The SMILES string of the molecule is COC(=O)NC(=O)c1c(NC(=O)Cc2cccs2)sc2c1CCC(C)C2. The van der Waals surface area contributed by atoms with E-state index in [0.29, 0.717) is 16.5 Å². The van der Waals surface area contributed by atoms with Crippen molar-refractivity contribution in [1.82, 2.24) is 5.32 Å². The van der Waals surface area contributed by atoms with Gasteiger partial charge in [-0.05, 0) is 42.2 Å². The highest BCUT2D eigenvalue weighted by atomic mass is 32.1. The van der Waals surface area contributed by atoms with Crippen LogP contribution in [0.3, 0.4) is 0 Å². The van der Waals surface area contributed by atoms with Crippen molar-refractivity contribution >= 4 is 45.6 Å². The number of ether oxygens (including phenoxy) is 1. The summed E-state index contributed by atoms with van der Waals surface area (Å²) in [6.45, 7) is 2.17. The van der Waals surface area contributed by atoms with E-state index in [2.05, 4.69) is 22.3 Å². The molecule has 2 aromatic heterocycles. The molecular weight excluding hydrogens is 372 g/mol. The second-order valence-corrected chi connectivity index (χ2v) is 8.44. The van der Waals surface area contributed by atoms with Gasteiger partial charge in [-0.2, -0.15) is 0 Å². The Labute approximate surface area is 159 Å². The lowest BCUT2D eigenvalue weighted by atomic mass is 9.88. The molecule has 0 aliphatic heterocycles. The van der Waals surface area contributed by atoms with Gasteiger partial charge in [-0.1, -0.05) is 13.0 Å². The first-order valence-electron chi connectivity index (χ1n) is 8.34. The van der Waals surface area contributed by atoms with Gasteiger partial charge in [-0.15, -0.1) is 22.7 Å². The highest BCUT2D eigenvalue weighted by molar-refractivity contribution is 7.17. The van der Waals surface area contributed by atoms with Crippen LogP contribution in [0.2, 0.25) is 0 Å². The Morgan fingerprint density at radius 2 is 2.15 bits per heavy atom. The maximum absolute atomic E-state index is 12.6. The minimum atomic E-state index is -0.810. The number of amides is 3. The molecule has 0 saturated heterocycles. The summed E-state index contributed by atoms with van der Waals surface area (Å²) in [6, 6.07) is 3.80. The normalized spacial score (nSPS) is 15.8. The molecular formula is C18H20N2O4S2. The Morgan fingerprint density at radius 1 is 1.35 bits per heavy atom. The Bertz CT molecular complexity index is 827. The number of alkyl carbamates (subject to hydrolysis) is 1. The minimum Gasteiger partial charge on any atom is -0.453 e. The number of rotatable bonds is 4. The first-order chi connectivity index (χ1) is 12.5. The van der Waals surface area contributed by atoms with Crippen molar-refractivity contribution < 1.29 is 19.1 Å². The Kier molecular flexibility index (Phi) is 5.73. The van der Waals surface area contributed by atoms with Crippen molar-refractivity contribution in [3.05, 3.63) is 38.4 Å². The lowest BCUT2D eigenvalue weighted by Crippen LogP contribution is -2.31. The van der Waals surface area contributed by atoms with Gasteiger partial charge in [0.15, 0.2) is 0 Å². The third-order valence-electron chi connectivity index (χ3n) is 4.31. The smallest absolute Gasteiger partial charge is 0.413 e. The van der Waals surface area contributed by atoms with Gasteiger partial charge in [0.1, 0.15) is 5.00 Å².